The Balaban J connectivity index is 1.46. The Morgan fingerprint density at radius 3 is 2.52 bits per heavy atom. The molecule has 2 unspecified atom stereocenters. The molecule has 0 aromatic heterocycles. The van der Waals surface area contributed by atoms with Crippen LogP contribution < -0.4 is 14.8 Å². The van der Waals surface area contributed by atoms with E-state index in [9.17, 15) is 9.90 Å². The van der Waals surface area contributed by atoms with E-state index in [0.29, 0.717) is 23.5 Å². The second-order valence-electron chi connectivity index (χ2n) is 6.47. The van der Waals surface area contributed by atoms with Crippen molar-refractivity contribution < 1.29 is 24.1 Å². The number of methoxy groups -OCH3 is 1. The molecule has 0 bridgehead atoms. The lowest BCUT2D eigenvalue weighted by Gasteiger charge is -2.14. The van der Waals surface area contributed by atoms with Gasteiger partial charge in [-0.25, -0.2) is 0 Å². The summed E-state index contributed by atoms with van der Waals surface area (Å²) < 4.78 is 16.3. The molecule has 0 spiro atoms. The molecule has 2 aromatic carbocycles. The van der Waals surface area contributed by atoms with Gasteiger partial charge in [-0.3, -0.25) is 4.79 Å². The Bertz CT molecular complexity index is 723. The molecule has 2 aromatic rings. The van der Waals surface area contributed by atoms with Gasteiger partial charge < -0.3 is 24.6 Å². The number of nitrogens with one attached hydrogen (secondary N) is 1. The Morgan fingerprint density at radius 1 is 1.19 bits per heavy atom. The van der Waals surface area contributed by atoms with Gasteiger partial charge in [-0.15, -0.1) is 0 Å². The van der Waals surface area contributed by atoms with Gasteiger partial charge >= 0.3 is 0 Å². The van der Waals surface area contributed by atoms with E-state index in [0.717, 1.165) is 25.2 Å². The first-order chi connectivity index (χ1) is 13.2. The second-order valence-corrected chi connectivity index (χ2v) is 6.47. The van der Waals surface area contributed by atoms with Gasteiger partial charge in [-0.2, -0.15) is 0 Å². The fraction of sp³-hybridized carbons (Fsp3) is 0.381. The molecule has 27 heavy (non-hydrogen) atoms. The smallest absolute Gasteiger partial charge is 0.251 e. The fourth-order valence-electron chi connectivity index (χ4n) is 2.90. The first-order valence-electron chi connectivity index (χ1n) is 9.10. The number of aliphatic hydroxyl groups is 1. The molecule has 2 atom stereocenters. The maximum atomic E-state index is 12.3. The first kappa shape index (κ1) is 19.2. The van der Waals surface area contributed by atoms with E-state index in [4.69, 9.17) is 14.2 Å². The van der Waals surface area contributed by atoms with Crippen molar-refractivity contribution in [2.75, 3.05) is 26.9 Å². The van der Waals surface area contributed by atoms with Crippen LogP contribution in [0.2, 0.25) is 0 Å². The van der Waals surface area contributed by atoms with Gasteiger partial charge in [0.15, 0.2) is 0 Å². The van der Waals surface area contributed by atoms with E-state index >= 15 is 0 Å². The predicted octanol–water partition coefficient (Wildman–Crippen LogP) is 2.72. The zero-order valence-corrected chi connectivity index (χ0v) is 15.4. The second kappa shape index (κ2) is 9.39. The Hall–Kier alpha value is -2.57. The Labute approximate surface area is 159 Å². The summed E-state index contributed by atoms with van der Waals surface area (Å²) in [5, 5.41) is 13.0. The lowest BCUT2D eigenvalue weighted by Crippen LogP contribution is -2.28. The van der Waals surface area contributed by atoms with Crippen LogP contribution in [0.15, 0.2) is 48.5 Å². The van der Waals surface area contributed by atoms with Crippen LogP contribution in [0.3, 0.4) is 0 Å². The van der Waals surface area contributed by atoms with E-state index in [1.54, 1.807) is 55.6 Å². The molecule has 0 aliphatic carbocycles. The molecule has 3 rings (SSSR count). The molecular formula is C21H25NO5. The quantitative estimate of drug-likeness (QED) is 0.746. The minimum Gasteiger partial charge on any atom is -0.497 e. The molecule has 1 saturated heterocycles. The van der Waals surface area contributed by atoms with Crippen LogP contribution in [0.25, 0.3) is 0 Å². The Morgan fingerprint density at radius 2 is 1.89 bits per heavy atom. The van der Waals surface area contributed by atoms with Crippen LogP contribution in [0.4, 0.5) is 0 Å². The normalized spacial score (nSPS) is 17.3. The molecule has 0 radical (unpaired) electrons. The number of ether oxygens (including phenoxy) is 3. The summed E-state index contributed by atoms with van der Waals surface area (Å²) in [7, 11) is 1.59. The molecule has 1 aliphatic rings. The van der Waals surface area contributed by atoms with E-state index < -0.39 is 6.10 Å². The van der Waals surface area contributed by atoms with Crippen LogP contribution in [-0.4, -0.2) is 44.0 Å². The molecular weight excluding hydrogens is 346 g/mol. The van der Waals surface area contributed by atoms with Gasteiger partial charge in [0.05, 0.1) is 19.3 Å². The van der Waals surface area contributed by atoms with Crippen molar-refractivity contribution in [3.05, 3.63) is 59.7 Å². The third-order valence-electron chi connectivity index (χ3n) is 4.53. The van der Waals surface area contributed by atoms with Crippen molar-refractivity contribution in [1.29, 1.82) is 0 Å². The highest BCUT2D eigenvalue weighted by atomic mass is 16.5. The molecule has 6 heteroatoms. The van der Waals surface area contributed by atoms with Crippen molar-refractivity contribution in [3.63, 3.8) is 0 Å². The van der Waals surface area contributed by atoms with E-state index in [-0.39, 0.29) is 18.6 Å². The number of carbonyl (C=O) groups is 1. The SMILES string of the molecule is COc1ccc(C(O)CNC(=O)c2ccc(OCC3CCCO3)cc2)cc1. The van der Waals surface area contributed by atoms with Crippen LogP contribution in [0.5, 0.6) is 11.5 Å². The lowest BCUT2D eigenvalue weighted by atomic mass is 10.1. The zero-order chi connectivity index (χ0) is 19.1. The zero-order valence-electron chi connectivity index (χ0n) is 15.4. The summed E-state index contributed by atoms with van der Waals surface area (Å²) in [5.41, 5.74) is 1.23. The highest BCUT2D eigenvalue weighted by molar-refractivity contribution is 5.94. The number of rotatable bonds is 8. The molecule has 144 valence electrons. The highest BCUT2D eigenvalue weighted by Crippen LogP contribution is 2.18. The van der Waals surface area contributed by atoms with Gasteiger partial charge in [0.2, 0.25) is 0 Å². The third-order valence-corrected chi connectivity index (χ3v) is 4.53. The van der Waals surface area contributed by atoms with Gasteiger partial charge in [-0.1, -0.05) is 12.1 Å². The molecule has 2 N–H and O–H groups in total. The van der Waals surface area contributed by atoms with Gasteiger partial charge in [-0.05, 0) is 54.8 Å². The third kappa shape index (κ3) is 5.45. The maximum absolute atomic E-state index is 12.3. The standard InChI is InChI=1S/C21H25NO5/c1-25-17-8-4-15(5-9-17)20(23)13-22-21(24)16-6-10-18(11-7-16)27-14-19-3-2-12-26-19/h4-11,19-20,23H,2-3,12-14H2,1H3,(H,22,24). The number of hydrogen-bond acceptors (Lipinski definition) is 5. The van der Waals surface area contributed by atoms with Crippen LogP contribution in [-0.2, 0) is 4.74 Å². The van der Waals surface area contributed by atoms with Crippen LogP contribution in [0.1, 0.15) is 34.9 Å². The predicted molar refractivity (Wildman–Crippen MR) is 101 cm³/mol. The summed E-state index contributed by atoms with van der Waals surface area (Å²) in [5.74, 6) is 1.19. The van der Waals surface area contributed by atoms with Crippen LogP contribution in [0, 0.1) is 0 Å². The Kier molecular flexibility index (Phi) is 6.68. The summed E-state index contributed by atoms with van der Waals surface area (Å²) in [6.45, 7) is 1.46. The van der Waals surface area contributed by atoms with E-state index in [1.165, 1.54) is 0 Å². The fourth-order valence-corrected chi connectivity index (χ4v) is 2.90. The number of amides is 1. The van der Waals surface area contributed by atoms with E-state index in [2.05, 4.69) is 5.32 Å². The van der Waals surface area contributed by atoms with Gasteiger partial charge in [0, 0.05) is 18.7 Å². The van der Waals surface area contributed by atoms with Crippen molar-refractivity contribution in [2.24, 2.45) is 0 Å². The largest absolute Gasteiger partial charge is 0.497 e. The lowest BCUT2D eigenvalue weighted by molar-refractivity contribution is 0.0679. The summed E-state index contributed by atoms with van der Waals surface area (Å²) >= 11 is 0. The molecule has 1 amide bonds. The summed E-state index contributed by atoms with van der Waals surface area (Å²) in [4.78, 5) is 12.3. The monoisotopic (exact) mass is 371 g/mol. The average molecular weight is 371 g/mol. The van der Waals surface area contributed by atoms with Gasteiger partial charge in [0.25, 0.3) is 5.91 Å². The van der Waals surface area contributed by atoms with Crippen LogP contribution >= 0.6 is 0 Å². The van der Waals surface area contributed by atoms with Crippen molar-refractivity contribution in [1.82, 2.24) is 5.32 Å². The number of carbonyl (C=O) groups excluding carboxylic acids is 1. The first-order valence-corrected chi connectivity index (χ1v) is 9.10. The minimum atomic E-state index is -0.783. The highest BCUT2D eigenvalue weighted by Gasteiger charge is 2.16. The number of aliphatic hydroxyl groups excluding tert-OH is 1. The average Bonchev–Trinajstić information content (AvgIpc) is 3.24. The summed E-state index contributed by atoms with van der Waals surface area (Å²) in [6, 6.07) is 14.0. The molecule has 6 nitrogen and oxygen atoms in total. The van der Waals surface area contributed by atoms with E-state index in [1.807, 2.05) is 0 Å². The molecule has 1 fully saturated rings. The minimum absolute atomic E-state index is 0.127. The number of benzene rings is 2. The molecule has 1 aliphatic heterocycles. The number of hydrogen-bond donors (Lipinski definition) is 2. The van der Waals surface area contributed by atoms with Crippen molar-refractivity contribution in [3.8, 4) is 11.5 Å². The van der Waals surface area contributed by atoms with Crippen molar-refractivity contribution in [2.45, 2.75) is 25.0 Å². The van der Waals surface area contributed by atoms with Gasteiger partial charge in [0.1, 0.15) is 18.1 Å². The maximum Gasteiger partial charge on any atom is 0.251 e. The molecule has 1 heterocycles. The van der Waals surface area contributed by atoms with Crippen molar-refractivity contribution >= 4 is 5.91 Å². The topological polar surface area (TPSA) is 77.0 Å². The molecule has 0 saturated carbocycles. The summed E-state index contributed by atoms with van der Waals surface area (Å²) in [6.07, 6.45) is 1.48.